The van der Waals surface area contributed by atoms with Gasteiger partial charge in [0.1, 0.15) is 0 Å². The van der Waals surface area contributed by atoms with Gasteiger partial charge >= 0.3 is 6.03 Å². The number of carbonyl (C=O) groups is 3. The molecule has 2 N–H and O–H groups in total. The van der Waals surface area contributed by atoms with Crippen LogP contribution in [-0.2, 0) is 9.59 Å². The summed E-state index contributed by atoms with van der Waals surface area (Å²) in [6, 6.07) is 9.29. The molecule has 0 radical (unpaired) electrons. The van der Waals surface area contributed by atoms with Crippen molar-refractivity contribution in [3.05, 3.63) is 30.3 Å². The summed E-state index contributed by atoms with van der Waals surface area (Å²) >= 11 is 0. The molecular weight excluding hydrogens is 394 g/mol. The monoisotopic (exact) mass is 429 g/mol. The number of anilines is 1. The molecule has 0 unspecified atom stereocenters. The minimum Gasteiger partial charge on any atom is -0.350 e. The molecule has 31 heavy (non-hydrogen) atoms. The first-order chi connectivity index (χ1) is 14.7. The lowest BCUT2D eigenvalue weighted by Gasteiger charge is -2.38. The number of nitrogens with one attached hydrogen (secondary N) is 2. The summed E-state index contributed by atoms with van der Waals surface area (Å²) in [5.74, 6) is 0.173. The molecule has 2 fully saturated rings. The average molecular weight is 430 g/mol. The second kappa shape index (κ2) is 10.1. The molecular formula is C23H35N5O3. The molecule has 1 aromatic carbocycles. The van der Waals surface area contributed by atoms with Gasteiger partial charge in [-0.25, -0.2) is 4.79 Å². The third-order valence-corrected chi connectivity index (χ3v) is 5.72. The first-order valence-electron chi connectivity index (χ1n) is 11.1. The van der Waals surface area contributed by atoms with Crippen LogP contribution in [-0.4, -0.2) is 83.9 Å². The van der Waals surface area contributed by atoms with Gasteiger partial charge in [0.05, 0.1) is 6.54 Å². The number of para-hydroxylation sites is 1. The summed E-state index contributed by atoms with van der Waals surface area (Å²) in [5.41, 5.74) is 0.543. The molecule has 0 aliphatic carbocycles. The molecule has 2 aliphatic heterocycles. The summed E-state index contributed by atoms with van der Waals surface area (Å²) in [6.45, 7) is 10.2. The number of nitrogens with zero attached hydrogens (tertiary/aromatic N) is 3. The number of benzene rings is 1. The van der Waals surface area contributed by atoms with E-state index < -0.39 is 0 Å². The molecule has 0 bridgehead atoms. The van der Waals surface area contributed by atoms with E-state index in [1.165, 1.54) is 0 Å². The Morgan fingerprint density at radius 2 is 1.52 bits per heavy atom. The van der Waals surface area contributed by atoms with Gasteiger partial charge in [0.2, 0.25) is 11.8 Å². The normalized spacial score (nSPS) is 18.5. The molecule has 170 valence electrons. The zero-order valence-corrected chi connectivity index (χ0v) is 18.9. The van der Waals surface area contributed by atoms with E-state index in [0.29, 0.717) is 58.7 Å². The van der Waals surface area contributed by atoms with Crippen LogP contribution in [0.3, 0.4) is 0 Å². The number of piperazine rings is 1. The Morgan fingerprint density at radius 1 is 0.903 bits per heavy atom. The zero-order valence-electron chi connectivity index (χ0n) is 18.9. The predicted molar refractivity (Wildman–Crippen MR) is 121 cm³/mol. The van der Waals surface area contributed by atoms with Gasteiger partial charge in [-0.05, 0) is 45.7 Å². The minimum atomic E-state index is -0.234. The molecule has 1 aromatic rings. The van der Waals surface area contributed by atoms with Crippen LogP contribution in [0.5, 0.6) is 0 Å². The highest BCUT2D eigenvalue weighted by Crippen LogP contribution is 2.21. The van der Waals surface area contributed by atoms with Crippen molar-refractivity contribution < 1.29 is 14.4 Å². The number of hydrogen-bond acceptors (Lipinski definition) is 4. The maximum atomic E-state index is 12.9. The quantitative estimate of drug-likeness (QED) is 0.767. The van der Waals surface area contributed by atoms with E-state index in [4.69, 9.17) is 0 Å². The summed E-state index contributed by atoms with van der Waals surface area (Å²) in [7, 11) is 0. The predicted octanol–water partition coefficient (Wildman–Crippen LogP) is 1.99. The van der Waals surface area contributed by atoms with Crippen LogP contribution < -0.4 is 10.6 Å². The molecule has 8 heteroatoms. The Balaban J connectivity index is 1.39. The molecule has 2 saturated heterocycles. The van der Waals surface area contributed by atoms with Crippen molar-refractivity contribution in [1.29, 1.82) is 0 Å². The molecule has 4 amide bonds. The van der Waals surface area contributed by atoms with Gasteiger partial charge in [0.25, 0.3) is 0 Å². The summed E-state index contributed by atoms with van der Waals surface area (Å²) in [5, 5.41) is 5.89. The molecule has 2 aliphatic rings. The Morgan fingerprint density at radius 3 is 2.10 bits per heavy atom. The van der Waals surface area contributed by atoms with E-state index in [2.05, 4.69) is 15.5 Å². The van der Waals surface area contributed by atoms with Crippen molar-refractivity contribution in [2.75, 3.05) is 51.1 Å². The van der Waals surface area contributed by atoms with Crippen LogP contribution in [0.25, 0.3) is 0 Å². The topological polar surface area (TPSA) is 85.0 Å². The molecule has 0 saturated carbocycles. The van der Waals surface area contributed by atoms with E-state index in [1.807, 2.05) is 56.0 Å². The first kappa shape index (κ1) is 23.1. The van der Waals surface area contributed by atoms with Crippen molar-refractivity contribution >= 4 is 23.5 Å². The number of urea groups is 1. The van der Waals surface area contributed by atoms with Crippen LogP contribution >= 0.6 is 0 Å². The fourth-order valence-electron chi connectivity index (χ4n) is 4.10. The fraction of sp³-hybridized carbons (Fsp3) is 0.609. The Bertz CT molecular complexity index is 761. The van der Waals surface area contributed by atoms with Gasteiger partial charge in [0.15, 0.2) is 0 Å². The fourth-order valence-corrected chi connectivity index (χ4v) is 4.10. The van der Waals surface area contributed by atoms with E-state index in [0.717, 1.165) is 5.69 Å². The SMILES string of the molecule is CC(C)(C)NC(=O)CN1CCN(C(=O)C2CCN(C(=O)Nc3ccccc3)CC2)CC1. The van der Waals surface area contributed by atoms with E-state index >= 15 is 0 Å². The van der Waals surface area contributed by atoms with E-state index in [-0.39, 0.29) is 29.3 Å². The first-order valence-corrected chi connectivity index (χ1v) is 11.1. The largest absolute Gasteiger partial charge is 0.350 e. The third kappa shape index (κ3) is 6.95. The van der Waals surface area contributed by atoms with Crippen LogP contribution in [0, 0.1) is 5.92 Å². The van der Waals surface area contributed by atoms with E-state index in [1.54, 1.807) is 4.90 Å². The highest BCUT2D eigenvalue weighted by molar-refractivity contribution is 5.89. The molecule has 8 nitrogen and oxygen atoms in total. The van der Waals surface area contributed by atoms with E-state index in [9.17, 15) is 14.4 Å². The highest BCUT2D eigenvalue weighted by atomic mass is 16.2. The van der Waals surface area contributed by atoms with Gasteiger partial charge in [-0.2, -0.15) is 0 Å². The molecule has 3 rings (SSSR count). The lowest BCUT2D eigenvalue weighted by Crippen LogP contribution is -2.54. The number of hydrogen-bond donors (Lipinski definition) is 2. The molecule has 0 atom stereocenters. The second-order valence-corrected chi connectivity index (χ2v) is 9.46. The number of piperidine rings is 1. The summed E-state index contributed by atoms with van der Waals surface area (Å²) in [6.07, 6.45) is 1.38. The van der Waals surface area contributed by atoms with Crippen LogP contribution in [0.1, 0.15) is 33.6 Å². The maximum absolute atomic E-state index is 12.9. The third-order valence-electron chi connectivity index (χ3n) is 5.72. The summed E-state index contributed by atoms with van der Waals surface area (Å²) in [4.78, 5) is 43.3. The number of carbonyl (C=O) groups excluding carboxylic acids is 3. The van der Waals surface area contributed by atoms with Crippen LogP contribution in [0.2, 0.25) is 0 Å². The molecule has 2 heterocycles. The van der Waals surface area contributed by atoms with Crippen molar-refractivity contribution in [1.82, 2.24) is 20.0 Å². The highest BCUT2D eigenvalue weighted by Gasteiger charge is 2.32. The van der Waals surface area contributed by atoms with Gasteiger partial charge < -0.3 is 20.4 Å². The van der Waals surface area contributed by atoms with Gasteiger partial charge in [-0.1, -0.05) is 18.2 Å². The smallest absolute Gasteiger partial charge is 0.321 e. The van der Waals surface area contributed by atoms with Crippen molar-refractivity contribution in [3.63, 3.8) is 0 Å². The van der Waals surface area contributed by atoms with Crippen LogP contribution in [0.4, 0.5) is 10.5 Å². The van der Waals surface area contributed by atoms with Gasteiger partial charge in [-0.3, -0.25) is 14.5 Å². The molecule has 0 aromatic heterocycles. The number of amides is 4. The number of rotatable bonds is 4. The average Bonchev–Trinajstić information content (AvgIpc) is 2.73. The van der Waals surface area contributed by atoms with Gasteiger partial charge in [0, 0.05) is 56.4 Å². The summed E-state index contributed by atoms with van der Waals surface area (Å²) < 4.78 is 0. The lowest BCUT2D eigenvalue weighted by molar-refractivity contribution is -0.138. The zero-order chi connectivity index (χ0) is 22.4. The standard InChI is InChI=1S/C23H35N5O3/c1-23(2,3)25-20(29)17-26-13-15-27(16-14-26)21(30)18-9-11-28(12-10-18)22(31)24-19-7-5-4-6-8-19/h4-8,18H,9-17H2,1-3H3,(H,24,31)(H,25,29). The maximum Gasteiger partial charge on any atom is 0.321 e. The lowest BCUT2D eigenvalue weighted by atomic mass is 9.95. The number of likely N-dealkylation sites (tertiary alicyclic amines) is 1. The van der Waals surface area contributed by atoms with Crippen molar-refractivity contribution in [3.8, 4) is 0 Å². The minimum absolute atomic E-state index is 0.0217. The Hall–Kier alpha value is -2.61. The van der Waals surface area contributed by atoms with Crippen molar-refractivity contribution in [2.24, 2.45) is 5.92 Å². The van der Waals surface area contributed by atoms with Crippen LogP contribution in [0.15, 0.2) is 30.3 Å². The Kier molecular flexibility index (Phi) is 7.54. The van der Waals surface area contributed by atoms with Gasteiger partial charge in [-0.15, -0.1) is 0 Å². The second-order valence-electron chi connectivity index (χ2n) is 9.46. The Labute approximate surface area is 184 Å². The van der Waals surface area contributed by atoms with Crippen molar-refractivity contribution in [2.45, 2.75) is 39.2 Å². The molecule has 0 spiro atoms.